The van der Waals surface area contributed by atoms with Crippen LogP contribution in [0.3, 0.4) is 0 Å². The maximum Gasteiger partial charge on any atom is 0.303 e. The van der Waals surface area contributed by atoms with E-state index in [9.17, 15) is 14.9 Å². The molecular weight excluding hydrogens is 248 g/mol. The number of nitro groups is 1. The summed E-state index contributed by atoms with van der Waals surface area (Å²) in [5.41, 5.74) is 1.05. The fourth-order valence-corrected chi connectivity index (χ4v) is 2.42. The molecule has 19 heavy (non-hydrogen) atoms. The summed E-state index contributed by atoms with van der Waals surface area (Å²) < 4.78 is 0. The third-order valence-corrected chi connectivity index (χ3v) is 3.48. The van der Waals surface area contributed by atoms with Crippen LogP contribution < -0.4 is 4.90 Å². The molecule has 0 aromatic heterocycles. The van der Waals surface area contributed by atoms with Gasteiger partial charge in [0, 0.05) is 37.3 Å². The summed E-state index contributed by atoms with van der Waals surface area (Å²) in [7, 11) is 0. The Kier molecular flexibility index (Phi) is 3.99. The van der Waals surface area contributed by atoms with Crippen molar-refractivity contribution in [2.45, 2.75) is 19.3 Å². The van der Waals surface area contributed by atoms with Crippen LogP contribution in [-0.2, 0) is 4.79 Å². The third-order valence-electron chi connectivity index (χ3n) is 3.48. The van der Waals surface area contributed by atoms with Gasteiger partial charge in [-0.15, -0.1) is 0 Å². The Balaban J connectivity index is 1.93. The molecule has 6 heteroatoms. The summed E-state index contributed by atoms with van der Waals surface area (Å²) in [6, 6.07) is 6.50. The highest BCUT2D eigenvalue weighted by Crippen LogP contribution is 2.27. The maximum atomic E-state index is 10.6. The molecule has 0 aliphatic carbocycles. The second-order valence-corrected chi connectivity index (χ2v) is 4.81. The summed E-state index contributed by atoms with van der Waals surface area (Å²) in [4.78, 5) is 22.8. The van der Waals surface area contributed by atoms with E-state index >= 15 is 0 Å². The molecule has 102 valence electrons. The minimum absolute atomic E-state index is 0.0883. The summed E-state index contributed by atoms with van der Waals surface area (Å²) >= 11 is 0. The lowest BCUT2D eigenvalue weighted by Gasteiger charge is -2.18. The van der Waals surface area contributed by atoms with E-state index in [4.69, 9.17) is 5.11 Å². The van der Waals surface area contributed by atoms with Crippen LogP contribution in [0.15, 0.2) is 24.3 Å². The van der Waals surface area contributed by atoms with Gasteiger partial charge in [0.05, 0.1) is 4.92 Å². The fraction of sp³-hybridized carbons (Fsp3) is 0.462. The second kappa shape index (κ2) is 5.69. The summed E-state index contributed by atoms with van der Waals surface area (Å²) in [5.74, 6) is -0.361. The lowest BCUT2D eigenvalue weighted by atomic mass is 10.0. The van der Waals surface area contributed by atoms with Crippen LogP contribution in [0.25, 0.3) is 0 Å². The smallest absolute Gasteiger partial charge is 0.303 e. The summed E-state index contributed by atoms with van der Waals surface area (Å²) in [5, 5.41) is 19.2. The zero-order valence-electron chi connectivity index (χ0n) is 10.5. The van der Waals surface area contributed by atoms with E-state index in [0.717, 1.165) is 25.2 Å². The number of carboxylic acids is 1. The number of nitrogens with zero attached hydrogens (tertiary/aromatic N) is 2. The number of anilines is 1. The van der Waals surface area contributed by atoms with Crippen molar-refractivity contribution in [3.8, 4) is 0 Å². The number of non-ortho nitro benzene ring substituents is 1. The molecule has 1 atom stereocenters. The molecule has 1 aliphatic rings. The topological polar surface area (TPSA) is 83.7 Å². The van der Waals surface area contributed by atoms with Gasteiger partial charge < -0.3 is 10.0 Å². The van der Waals surface area contributed by atoms with Gasteiger partial charge in [0.15, 0.2) is 0 Å². The summed E-state index contributed by atoms with van der Waals surface area (Å²) in [6.45, 7) is 1.70. The largest absolute Gasteiger partial charge is 0.481 e. The van der Waals surface area contributed by atoms with Gasteiger partial charge in [-0.2, -0.15) is 0 Å². The average Bonchev–Trinajstić information content (AvgIpc) is 2.85. The molecule has 0 saturated carbocycles. The Bertz CT molecular complexity index is 472. The predicted octanol–water partition coefficient (Wildman–Crippen LogP) is 2.29. The van der Waals surface area contributed by atoms with Crippen molar-refractivity contribution in [3.05, 3.63) is 34.4 Å². The molecule has 1 aromatic rings. The van der Waals surface area contributed by atoms with Crippen LogP contribution in [0.4, 0.5) is 11.4 Å². The molecule has 1 aromatic carbocycles. The highest BCUT2D eigenvalue weighted by atomic mass is 16.6. The number of benzene rings is 1. The Hall–Kier alpha value is -2.11. The van der Waals surface area contributed by atoms with Crippen LogP contribution in [0.2, 0.25) is 0 Å². The van der Waals surface area contributed by atoms with Crippen molar-refractivity contribution < 1.29 is 14.8 Å². The Morgan fingerprint density at radius 3 is 2.68 bits per heavy atom. The van der Waals surface area contributed by atoms with E-state index < -0.39 is 10.9 Å². The zero-order valence-corrected chi connectivity index (χ0v) is 10.5. The number of hydrogen-bond acceptors (Lipinski definition) is 4. The van der Waals surface area contributed by atoms with E-state index in [1.165, 1.54) is 12.1 Å². The highest BCUT2D eigenvalue weighted by molar-refractivity contribution is 5.66. The molecule has 1 unspecified atom stereocenters. The highest BCUT2D eigenvalue weighted by Gasteiger charge is 2.23. The van der Waals surface area contributed by atoms with Crippen molar-refractivity contribution in [1.29, 1.82) is 0 Å². The Morgan fingerprint density at radius 2 is 2.11 bits per heavy atom. The van der Waals surface area contributed by atoms with Gasteiger partial charge in [0.25, 0.3) is 5.69 Å². The van der Waals surface area contributed by atoms with Gasteiger partial charge in [-0.05, 0) is 30.9 Å². The van der Waals surface area contributed by atoms with Crippen molar-refractivity contribution in [1.82, 2.24) is 0 Å². The molecule has 0 radical (unpaired) electrons. The van der Waals surface area contributed by atoms with E-state index in [0.29, 0.717) is 12.3 Å². The normalized spacial score (nSPS) is 18.5. The fourth-order valence-electron chi connectivity index (χ4n) is 2.42. The number of rotatable bonds is 5. The van der Waals surface area contributed by atoms with Crippen molar-refractivity contribution in [2.24, 2.45) is 5.92 Å². The predicted molar refractivity (Wildman–Crippen MR) is 70.3 cm³/mol. The molecule has 2 rings (SSSR count). The van der Waals surface area contributed by atoms with E-state index in [-0.39, 0.29) is 12.1 Å². The molecule has 1 aliphatic heterocycles. The molecule has 0 bridgehead atoms. The zero-order chi connectivity index (χ0) is 13.8. The van der Waals surface area contributed by atoms with Gasteiger partial charge in [-0.1, -0.05) is 0 Å². The number of aliphatic carboxylic acids is 1. The molecule has 6 nitrogen and oxygen atoms in total. The monoisotopic (exact) mass is 264 g/mol. The SMILES string of the molecule is O=C(O)CCC1CCN(c2ccc([N+](=O)[O-])cc2)C1. The number of nitro benzene ring substituents is 1. The van der Waals surface area contributed by atoms with E-state index in [1.54, 1.807) is 12.1 Å². The van der Waals surface area contributed by atoms with E-state index in [1.807, 2.05) is 0 Å². The lowest BCUT2D eigenvalue weighted by Crippen LogP contribution is -2.19. The maximum absolute atomic E-state index is 10.6. The van der Waals surface area contributed by atoms with Gasteiger partial charge in [-0.25, -0.2) is 0 Å². The Labute approximate surface area is 110 Å². The molecule has 0 amide bonds. The molecule has 1 saturated heterocycles. The minimum atomic E-state index is -0.756. The minimum Gasteiger partial charge on any atom is -0.481 e. The van der Waals surface area contributed by atoms with Gasteiger partial charge in [0.1, 0.15) is 0 Å². The van der Waals surface area contributed by atoms with E-state index in [2.05, 4.69) is 4.90 Å². The average molecular weight is 264 g/mol. The molecular formula is C13H16N2O4. The number of carboxylic acid groups (broad SMARTS) is 1. The van der Waals surface area contributed by atoms with Gasteiger partial charge in [0.2, 0.25) is 0 Å². The quantitative estimate of drug-likeness (QED) is 0.651. The number of carbonyl (C=O) groups is 1. The van der Waals surface area contributed by atoms with Crippen LogP contribution in [0.1, 0.15) is 19.3 Å². The van der Waals surface area contributed by atoms with Crippen LogP contribution in [0, 0.1) is 16.0 Å². The van der Waals surface area contributed by atoms with Crippen LogP contribution in [-0.4, -0.2) is 29.1 Å². The standard InChI is InChI=1S/C13H16N2O4/c16-13(17)6-1-10-7-8-14(9-10)11-2-4-12(5-3-11)15(18)19/h2-5,10H,1,6-9H2,(H,16,17). The molecule has 1 N–H and O–H groups in total. The third kappa shape index (κ3) is 3.43. The first-order chi connectivity index (χ1) is 9.06. The van der Waals surface area contributed by atoms with Crippen molar-refractivity contribution >= 4 is 17.3 Å². The van der Waals surface area contributed by atoms with Gasteiger partial charge in [-0.3, -0.25) is 14.9 Å². The van der Waals surface area contributed by atoms with Crippen LogP contribution >= 0.6 is 0 Å². The van der Waals surface area contributed by atoms with Gasteiger partial charge >= 0.3 is 5.97 Å². The number of hydrogen-bond donors (Lipinski definition) is 1. The van der Waals surface area contributed by atoms with Crippen LogP contribution in [0.5, 0.6) is 0 Å². The molecule has 1 heterocycles. The van der Waals surface area contributed by atoms with Crippen molar-refractivity contribution in [2.75, 3.05) is 18.0 Å². The van der Waals surface area contributed by atoms with Crippen molar-refractivity contribution in [3.63, 3.8) is 0 Å². The molecule has 0 spiro atoms. The second-order valence-electron chi connectivity index (χ2n) is 4.81. The summed E-state index contributed by atoms with van der Waals surface area (Å²) in [6.07, 6.45) is 1.88. The lowest BCUT2D eigenvalue weighted by molar-refractivity contribution is -0.384. The first-order valence-corrected chi connectivity index (χ1v) is 6.27. The first-order valence-electron chi connectivity index (χ1n) is 6.27. The Morgan fingerprint density at radius 1 is 1.42 bits per heavy atom. The first kappa shape index (κ1) is 13.3. The molecule has 1 fully saturated rings.